The van der Waals surface area contributed by atoms with Crippen LogP contribution >= 0.6 is 0 Å². The summed E-state index contributed by atoms with van der Waals surface area (Å²) in [6.45, 7) is 3.63. The molecule has 0 amide bonds. The van der Waals surface area contributed by atoms with Crippen molar-refractivity contribution in [2.45, 2.75) is 32.0 Å². The molecule has 0 saturated heterocycles. The molecule has 5 heteroatoms. The van der Waals surface area contributed by atoms with Crippen molar-refractivity contribution in [1.82, 2.24) is 0 Å². The van der Waals surface area contributed by atoms with Gasteiger partial charge in [0.25, 0.3) is 0 Å². The maximum Gasteiger partial charge on any atom is 0.343 e. The molecule has 1 heterocycles. The van der Waals surface area contributed by atoms with Crippen LogP contribution in [0.4, 0.5) is 0 Å². The van der Waals surface area contributed by atoms with Crippen LogP contribution < -0.4 is 9.47 Å². The SMILES string of the molecule is CC1(C)Oc2cc(OC(=O)c3ccc(O)cc3)ccc2CC1O. The molecule has 1 aliphatic heterocycles. The molecule has 0 radical (unpaired) electrons. The molecule has 1 unspecified atom stereocenters. The largest absolute Gasteiger partial charge is 0.508 e. The average Bonchev–Trinajstić information content (AvgIpc) is 2.49. The van der Waals surface area contributed by atoms with Crippen LogP contribution in [0.3, 0.4) is 0 Å². The lowest BCUT2D eigenvalue weighted by Gasteiger charge is -2.37. The lowest BCUT2D eigenvalue weighted by molar-refractivity contribution is -0.0412. The van der Waals surface area contributed by atoms with Crippen molar-refractivity contribution in [3.8, 4) is 17.2 Å². The summed E-state index contributed by atoms with van der Waals surface area (Å²) in [7, 11) is 0. The van der Waals surface area contributed by atoms with Crippen LogP contribution in [0.2, 0.25) is 0 Å². The van der Waals surface area contributed by atoms with Gasteiger partial charge in [-0.1, -0.05) is 6.07 Å². The van der Waals surface area contributed by atoms with Crippen molar-refractivity contribution in [3.05, 3.63) is 53.6 Å². The molecule has 2 aromatic rings. The standard InChI is InChI=1S/C18H18O5/c1-18(2)16(20)9-12-5-8-14(10-15(12)23-18)22-17(21)11-3-6-13(19)7-4-11/h3-8,10,16,19-20H,9H2,1-2H3. The Bertz CT molecular complexity index is 734. The topological polar surface area (TPSA) is 76.0 Å². The monoisotopic (exact) mass is 314 g/mol. The smallest absolute Gasteiger partial charge is 0.343 e. The molecular formula is C18H18O5. The van der Waals surface area contributed by atoms with Gasteiger partial charge in [0.05, 0.1) is 11.7 Å². The Kier molecular flexibility index (Phi) is 3.74. The fourth-order valence-electron chi connectivity index (χ4n) is 2.43. The van der Waals surface area contributed by atoms with Gasteiger partial charge in [-0.2, -0.15) is 0 Å². The minimum atomic E-state index is -0.688. The number of phenolic OH excluding ortho intramolecular Hbond substituents is 1. The van der Waals surface area contributed by atoms with Crippen molar-refractivity contribution in [2.24, 2.45) is 0 Å². The molecular weight excluding hydrogens is 296 g/mol. The maximum atomic E-state index is 12.1. The van der Waals surface area contributed by atoms with Gasteiger partial charge in [0.15, 0.2) is 0 Å². The predicted molar refractivity (Wildman–Crippen MR) is 83.9 cm³/mol. The first kappa shape index (κ1) is 15.4. The van der Waals surface area contributed by atoms with Crippen LogP contribution in [0.15, 0.2) is 42.5 Å². The number of rotatable bonds is 2. The van der Waals surface area contributed by atoms with E-state index >= 15 is 0 Å². The third-order valence-corrected chi connectivity index (χ3v) is 3.94. The number of esters is 1. The molecule has 0 saturated carbocycles. The minimum Gasteiger partial charge on any atom is -0.508 e. The Morgan fingerprint density at radius 1 is 1.22 bits per heavy atom. The van der Waals surface area contributed by atoms with Gasteiger partial charge in [-0.3, -0.25) is 0 Å². The highest BCUT2D eigenvalue weighted by Gasteiger charge is 2.35. The van der Waals surface area contributed by atoms with E-state index in [4.69, 9.17) is 9.47 Å². The van der Waals surface area contributed by atoms with Crippen LogP contribution in [0, 0.1) is 0 Å². The zero-order chi connectivity index (χ0) is 16.6. The summed E-state index contributed by atoms with van der Waals surface area (Å²) in [5, 5.41) is 19.3. The summed E-state index contributed by atoms with van der Waals surface area (Å²) >= 11 is 0. The summed E-state index contributed by atoms with van der Waals surface area (Å²) < 4.78 is 11.1. The zero-order valence-corrected chi connectivity index (χ0v) is 12.9. The first-order valence-electron chi connectivity index (χ1n) is 7.36. The van der Waals surface area contributed by atoms with E-state index < -0.39 is 17.7 Å². The van der Waals surface area contributed by atoms with E-state index in [1.54, 1.807) is 18.2 Å². The normalized spacial score (nSPS) is 18.7. The number of hydrogen-bond acceptors (Lipinski definition) is 5. The molecule has 0 fully saturated rings. The number of aromatic hydroxyl groups is 1. The van der Waals surface area contributed by atoms with Gasteiger partial charge in [0, 0.05) is 12.5 Å². The number of benzene rings is 2. The third-order valence-electron chi connectivity index (χ3n) is 3.94. The Morgan fingerprint density at radius 3 is 2.61 bits per heavy atom. The van der Waals surface area contributed by atoms with Crippen molar-refractivity contribution in [1.29, 1.82) is 0 Å². The molecule has 0 aromatic heterocycles. The summed E-state index contributed by atoms with van der Waals surface area (Å²) in [4.78, 5) is 12.1. The molecule has 0 spiro atoms. The molecule has 23 heavy (non-hydrogen) atoms. The lowest BCUT2D eigenvalue weighted by atomic mass is 9.91. The number of phenols is 1. The average molecular weight is 314 g/mol. The molecule has 2 aromatic carbocycles. The molecule has 1 aliphatic rings. The highest BCUT2D eigenvalue weighted by molar-refractivity contribution is 5.91. The number of carbonyl (C=O) groups is 1. The van der Waals surface area contributed by atoms with E-state index in [-0.39, 0.29) is 5.75 Å². The Labute approximate surface area is 134 Å². The van der Waals surface area contributed by atoms with Gasteiger partial charge in [-0.05, 0) is 49.7 Å². The van der Waals surface area contributed by atoms with Gasteiger partial charge in [-0.15, -0.1) is 0 Å². The fraction of sp³-hybridized carbons (Fsp3) is 0.278. The fourth-order valence-corrected chi connectivity index (χ4v) is 2.43. The van der Waals surface area contributed by atoms with Crippen molar-refractivity contribution < 1.29 is 24.5 Å². The molecule has 0 aliphatic carbocycles. The number of ether oxygens (including phenoxy) is 2. The highest BCUT2D eigenvalue weighted by Crippen LogP contribution is 2.35. The third kappa shape index (κ3) is 3.14. The first-order chi connectivity index (χ1) is 10.8. The predicted octanol–water partition coefficient (Wildman–Crippen LogP) is 2.69. The van der Waals surface area contributed by atoms with E-state index in [0.717, 1.165) is 5.56 Å². The Balaban J connectivity index is 1.80. The lowest BCUT2D eigenvalue weighted by Crippen LogP contribution is -2.46. The Hall–Kier alpha value is -2.53. The molecule has 3 rings (SSSR count). The van der Waals surface area contributed by atoms with E-state index in [9.17, 15) is 15.0 Å². The molecule has 120 valence electrons. The minimum absolute atomic E-state index is 0.0875. The van der Waals surface area contributed by atoms with Crippen LogP contribution in [0.25, 0.3) is 0 Å². The molecule has 2 N–H and O–H groups in total. The molecule has 5 nitrogen and oxygen atoms in total. The highest BCUT2D eigenvalue weighted by atomic mass is 16.5. The van der Waals surface area contributed by atoms with Gasteiger partial charge < -0.3 is 19.7 Å². The number of fused-ring (bicyclic) bond motifs is 1. The summed E-state index contributed by atoms with van der Waals surface area (Å²) in [6.07, 6.45) is -0.0884. The van der Waals surface area contributed by atoms with Crippen LogP contribution in [-0.2, 0) is 6.42 Å². The van der Waals surface area contributed by atoms with Crippen LogP contribution in [0.5, 0.6) is 17.2 Å². The summed E-state index contributed by atoms with van der Waals surface area (Å²) in [5.41, 5.74) is 0.533. The van der Waals surface area contributed by atoms with Crippen molar-refractivity contribution in [3.63, 3.8) is 0 Å². The molecule has 0 bridgehead atoms. The van der Waals surface area contributed by atoms with Gasteiger partial charge in [-0.25, -0.2) is 4.79 Å². The molecule has 1 atom stereocenters. The van der Waals surface area contributed by atoms with Gasteiger partial charge >= 0.3 is 5.97 Å². The number of hydrogen-bond donors (Lipinski definition) is 2. The van der Waals surface area contributed by atoms with Crippen molar-refractivity contribution >= 4 is 5.97 Å². The second-order valence-electron chi connectivity index (χ2n) is 6.13. The quantitative estimate of drug-likeness (QED) is 0.658. The number of aliphatic hydroxyl groups is 1. The van der Waals surface area contributed by atoms with E-state index in [0.29, 0.717) is 23.5 Å². The van der Waals surface area contributed by atoms with Crippen LogP contribution in [-0.4, -0.2) is 27.9 Å². The summed E-state index contributed by atoms with van der Waals surface area (Å²) in [5.74, 6) is 0.551. The van der Waals surface area contributed by atoms with Crippen LogP contribution in [0.1, 0.15) is 29.8 Å². The second kappa shape index (κ2) is 5.59. The maximum absolute atomic E-state index is 12.1. The zero-order valence-electron chi connectivity index (χ0n) is 12.9. The van der Waals surface area contributed by atoms with Crippen molar-refractivity contribution in [2.75, 3.05) is 0 Å². The van der Waals surface area contributed by atoms with Gasteiger partial charge in [0.2, 0.25) is 0 Å². The second-order valence-corrected chi connectivity index (χ2v) is 6.13. The first-order valence-corrected chi connectivity index (χ1v) is 7.36. The Morgan fingerprint density at radius 2 is 1.91 bits per heavy atom. The van der Waals surface area contributed by atoms with E-state index in [1.807, 2.05) is 13.8 Å². The van der Waals surface area contributed by atoms with E-state index in [2.05, 4.69) is 0 Å². The number of carbonyl (C=O) groups excluding carboxylic acids is 1. The van der Waals surface area contributed by atoms with Gasteiger partial charge in [0.1, 0.15) is 22.8 Å². The summed E-state index contributed by atoms with van der Waals surface area (Å²) in [6, 6.07) is 10.9. The number of aliphatic hydroxyl groups excluding tert-OH is 1. The van der Waals surface area contributed by atoms with E-state index in [1.165, 1.54) is 24.3 Å².